The molecule has 0 aliphatic rings. The minimum atomic E-state index is -0.418. The van der Waals surface area contributed by atoms with Crippen molar-refractivity contribution in [1.29, 1.82) is 0 Å². The van der Waals surface area contributed by atoms with E-state index in [4.69, 9.17) is 17.3 Å². The number of amides is 1. The second-order valence-corrected chi connectivity index (χ2v) is 3.93. The molecule has 5 nitrogen and oxygen atoms in total. The van der Waals surface area contributed by atoms with Gasteiger partial charge in [-0.1, -0.05) is 11.6 Å². The number of hydrogen-bond donors (Lipinski definition) is 1. The summed E-state index contributed by atoms with van der Waals surface area (Å²) in [4.78, 5) is 20.4. The van der Waals surface area contributed by atoms with Crippen LogP contribution in [0.5, 0.6) is 0 Å². The van der Waals surface area contributed by atoms with Crippen LogP contribution in [0.25, 0.3) is 0 Å². The highest BCUT2D eigenvalue weighted by Crippen LogP contribution is 2.28. The second-order valence-electron chi connectivity index (χ2n) is 2.78. The summed E-state index contributed by atoms with van der Waals surface area (Å²) in [5.41, 5.74) is 5.12. The Labute approximate surface area is 101 Å². The molecule has 0 spiro atoms. The molecule has 15 heavy (non-hydrogen) atoms. The van der Waals surface area contributed by atoms with Gasteiger partial charge in [0.15, 0.2) is 0 Å². The molecule has 0 saturated carbocycles. The summed E-state index contributed by atoms with van der Waals surface area (Å²) in [7, 11) is 0. The van der Waals surface area contributed by atoms with Crippen molar-refractivity contribution in [1.82, 2.24) is 9.97 Å². The molecule has 1 aromatic heterocycles. The monoisotopic (exact) mass is 292 g/mol. The van der Waals surface area contributed by atoms with E-state index in [1.165, 1.54) is 6.33 Å². The van der Waals surface area contributed by atoms with E-state index in [2.05, 4.69) is 25.9 Å². The Kier molecular flexibility index (Phi) is 4.28. The van der Waals surface area contributed by atoms with Gasteiger partial charge in [-0.2, -0.15) is 0 Å². The van der Waals surface area contributed by atoms with Crippen molar-refractivity contribution in [2.75, 3.05) is 18.0 Å². The molecule has 0 bridgehead atoms. The molecule has 0 unspecified atom stereocenters. The number of rotatable bonds is 4. The quantitative estimate of drug-likeness (QED) is 0.847. The maximum atomic E-state index is 10.8. The van der Waals surface area contributed by atoms with Gasteiger partial charge in [0.2, 0.25) is 5.91 Å². The van der Waals surface area contributed by atoms with Crippen LogP contribution in [0, 0.1) is 0 Å². The Balaban J connectivity index is 3.01. The van der Waals surface area contributed by atoms with Crippen LogP contribution in [0.1, 0.15) is 6.92 Å². The molecule has 0 fully saturated rings. The average molecular weight is 294 g/mol. The first kappa shape index (κ1) is 12.2. The highest BCUT2D eigenvalue weighted by Gasteiger charge is 2.14. The van der Waals surface area contributed by atoms with Gasteiger partial charge in [-0.3, -0.25) is 4.79 Å². The normalized spacial score (nSPS) is 10.1. The smallest absolute Gasteiger partial charge is 0.236 e. The van der Waals surface area contributed by atoms with Crippen LogP contribution in [-0.4, -0.2) is 29.0 Å². The number of primary amides is 1. The maximum Gasteiger partial charge on any atom is 0.236 e. The van der Waals surface area contributed by atoms with Crippen molar-refractivity contribution in [3.8, 4) is 0 Å². The number of carbonyl (C=O) groups is 1. The Morgan fingerprint density at radius 3 is 2.87 bits per heavy atom. The predicted octanol–water partition coefficient (Wildman–Crippen LogP) is 1.20. The number of aromatic nitrogens is 2. The summed E-state index contributed by atoms with van der Waals surface area (Å²) < 4.78 is 0.565. The summed E-state index contributed by atoms with van der Waals surface area (Å²) in [5.74, 6) is 0.148. The number of likely N-dealkylation sites (N-methyl/N-ethyl adjacent to an activating group) is 1. The van der Waals surface area contributed by atoms with Crippen LogP contribution in [0.3, 0.4) is 0 Å². The van der Waals surface area contributed by atoms with Crippen LogP contribution < -0.4 is 10.6 Å². The molecular weight excluding hydrogens is 283 g/mol. The Morgan fingerprint density at radius 1 is 1.67 bits per heavy atom. The lowest BCUT2D eigenvalue weighted by atomic mass is 10.4. The van der Waals surface area contributed by atoms with Crippen molar-refractivity contribution in [2.45, 2.75) is 6.92 Å². The van der Waals surface area contributed by atoms with E-state index in [0.717, 1.165) is 0 Å². The van der Waals surface area contributed by atoms with Crippen LogP contribution in [0.4, 0.5) is 5.82 Å². The van der Waals surface area contributed by atoms with Gasteiger partial charge < -0.3 is 10.6 Å². The van der Waals surface area contributed by atoms with Gasteiger partial charge in [0.25, 0.3) is 0 Å². The van der Waals surface area contributed by atoms with Crippen molar-refractivity contribution < 1.29 is 4.79 Å². The highest BCUT2D eigenvalue weighted by molar-refractivity contribution is 9.10. The lowest BCUT2D eigenvalue weighted by Crippen LogP contribution is -2.34. The SMILES string of the molecule is CCN(CC(N)=O)c1ncnc(Cl)c1Br. The van der Waals surface area contributed by atoms with Gasteiger partial charge in [-0.05, 0) is 22.9 Å². The van der Waals surface area contributed by atoms with Crippen LogP contribution in [-0.2, 0) is 4.79 Å². The first-order valence-corrected chi connectivity index (χ1v) is 5.42. The van der Waals surface area contributed by atoms with E-state index >= 15 is 0 Å². The fourth-order valence-corrected chi connectivity index (χ4v) is 1.67. The highest BCUT2D eigenvalue weighted by atomic mass is 79.9. The van der Waals surface area contributed by atoms with Gasteiger partial charge in [0.1, 0.15) is 17.3 Å². The maximum absolute atomic E-state index is 10.8. The molecule has 7 heteroatoms. The zero-order valence-corrected chi connectivity index (χ0v) is 10.4. The summed E-state index contributed by atoms with van der Waals surface area (Å²) in [6.45, 7) is 2.60. The summed E-state index contributed by atoms with van der Waals surface area (Å²) in [6.07, 6.45) is 1.34. The molecule has 1 rings (SSSR count). The lowest BCUT2D eigenvalue weighted by molar-refractivity contribution is -0.116. The fourth-order valence-electron chi connectivity index (χ4n) is 1.08. The van der Waals surface area contributed by atoms with E-state index in [-0.39, 0.29) is 6.54 Å². The summed E-state index contributed by atoms with van der Waals surface area (Å²) in [5, 5.41) is 0.308. The molecule has 0 aromatic carbocycles. The van der Waals surface area contributed by atoms with Gasteiger partial charge in [0.05, 0.1) is 11.0 Å². The number of hydrogen-bond acceptors (Lipinski definition) is 4. The second kappa shape index (κ2) is 5.27. The van der Waals surface area contributed by atoms with Crippen molar-refractivity contribution in [2.24, 2.45) is 5.73 Å². The predicted molar refractivity (Wildman–Crippen MR) is 61.8 cm³/mol. The molecule has 82 valence electrons. The molecule has 1 aromatic rings. The zero-order chi connectivity index (χ0) is 11.4. The number of anilines is 1. The Bertz CT molecular complexity index is 374. The minimum Gasteiger partial charge on any atom is -0.368 e. The first-order valence-electron chi connectivity index (χ1n) is 4.25. The Hall–Kier alpha value is -0.880. The molecule has 2 N–H and O–H groups in total. The van der Waals surface area contributed by atoms with Crippen molar-refractivity contribution in [3.63, 3.8) is 0 Å². The van der Waals surface area contributed by atoms with E-state index in [9.17, 15) is 4.79 Å². The topological polar surface area (TPSA) is 72.1 Å². The third-order valence-electron chi connectivity index (χ3n) is 1.76. The third kappa shape index (κ3) is 3.04. The Morgan fingerprint density at radius 2 is 2.33 bits per heavy atom. The average Bonchev–Trinajstić information content (AvgIpc) is 2.19. The standard InChI is InChI=1S/C8H10BrClN4O/c1-2-14(3-5(11)15)8-6(9)7(10)12-4-13-8/h4H,2-3H2,1H3,(H2,11,15). The molecule has 0 aliphatic carbocycles. The molecular formula is C8H10BrClN4O. The molecule has 0 atom stereocenters. The van der Waals surface area contributed by atoms with Crippen LogP contribution in [0.2, 0.25) is 5.15 Å². The number of nitrogens with two attached hydrogens (primary N) is 1. The summed E-state index contributed by atoms with van der Waals surface area (Å²) in [6, 6.07) is 0. The van der Waals surface area contributed by atoms with Gasteiger partial charge in [-0.25, -0.2) is 9.97 Å². The molecule has 1 amide bonds. The van der Waals surface area contributed by atoms with Crippen molar-refractivity contribution in [3.05, 3.63) is 16.0 Å². The lowest BCUT2D eigenvalue weighted by Gasteiger charge is -2.21. The molecule has 0 aliphatic heterocycles. The number of halogens is 2. The number of nitrogens with zero attached hydrogens (tertiary/aromatic N) is 3. The van der Waals surface area contributed by atoms with E-state index < -0.39 is 5.91 Å². The zero-order valence-electron chi connectivity index (χ0n) is 8.07. The third-order valence-corrected chi connectivity index (χ3v) is 3.00. The number of carbonyl (C=O) groups excluding carboxylic acids is 1. The van der Waals surface area contributed by atoms with Crippen molar-refractivity contribution >= 4 is 39.3 Å². The van der Waals surface area contributed by atoms with Gasteiger partial charge in [0, 0.05) is 6.54 Å². The fraction of sp³-hybridized carbons (Fsp3) is 0.375. The minimum absolute atomic E-state index is 0.0996. The first-order chi connectivity index (χ1) is 7.06. The van der Waals surface area contributed by atoms with Gasteiger partial charge in [-0.15, -0.1) is 0 Å². The van der Waals surface area contributed by atoms with Crippen LogP contribution in [0.15, 0.2) is 10.8 Å². The van der Waals surface area contributed by atoms with E-state index in [0.29, 0.717) is 22.0 Å². The largest absolute Gasteiger partial charge is 0.368 e. The molecule has 0 saturated heterocycles. The molecule has 0 radical (unpaired) electrons. The van der Waals surface area contributed by atoms with Gasteiger partial charge >= 0.3 is 0 Å². The van der Waals surface area contributed by atoms with Crippen LogP contribution >= 0.6 is 27.5 Å². The van der Waals surface area contributed by atoms with E-state index in [1.54, 1.807) is 4.90 Å². The molecule has 1 heterocycles. The summed E-state index contributed by atoms with van der Waals surface area (Å²) >= 11 is 9.07. The van der Waals surface area contributed by atoms with E-state index in [1.807, 2.05) is 6.92 Å².